The van der Waals surface area contributed by atoms with E-state index in [2.05, 4.69) is 0 Å². The summed E-state index contributed by atoms with van der Waals surface area (Å²) in [4.78, 5) is 55.1. The van der Waals surface area contributed by atoms with Crippen molar-refractivity contribution >= 4 is 35.0 Å². The summed E-state index contributed by atoms with van der Waals surface area (Å²) in [5.41, 5.74) is 1.05. The van der Waals surface area contributed by atoms with Gasteiger partial charge in [0.2, 0.25) is 0 Å². The third kappa shape index (κ3) is 3.50. The average Bonchev–Trinajstić information content (AvgIpc) is 3.33. The summed E-state index contributed by atoms with van der Waals surface area (Å²) in [5, 5.41) is 5.30. The molecule has 8 heteroatoms. The van der Waals surface area contributed by atoms with Crippen LogP contribution in [0.3, 0.4) is 0 Å². The zero-order valence-corrected chi connectivity index (χ0v) is 20.2. The number of carbonyl (C=O) groups is 4. The summed E-state index contributed by atoms with van der Waals surface area (Å²) in [6, 6.07) is 18.1. The van der Waals surface area contributed by atoms with Crippen molar-refractivity contribution in [2.45, 2.75) is 51.4 Å². The topological polar surface area (TPSA) is 81.2 Å². The van der Waals surface area contributed by atoms with E-state index in [0.717, 1.165) is 25.7 Å². The molecule has 2 aromatic carbocycles. The number of carbonyl (C=O) groups excluding carboxylic acids is 4. The van der Waals surface area contributed by atoms with Crippen LogP contribution in [0.1, 0.15) is 51.4 Å². The smallest absolute Gasteiger partial charge is 0.253 e. The van der Waals surface area contributed by atoms with Gasteiger partial charge in [-0.2, -0.15) is 20.3 Å². The van der Waals surface area contributed by atoms with E-state index in [4.69, 9.17) is 0 Å². The highest BCUT2D eigenvalue weighted by molar-refractivity contribution is 6.09. The van der Waals surface area contributed by atoms with Crippen LogP contribution < -0.4 is 10.2 Å². The summed E-state index contributed by atoms with van der Waals surface area (Å²) in [7, 11) is 0. The Morgan fingerprint density at radius 1 is 0.472 bits per heavy atom. The van der Waals surface area contributed by atoms with Crippen molar-refractivity contribution < 1.29 is 19.2 Å². The summed E-state index contributed by atoms with van der Waals surface area (Å²) in [6.07, 6.45) is 6.33. The van der Waals surface area contributed by atoms with Gasteiger partial charge in [-0.15, -0.1) is 0 Å². The molecule has 2 aromatic rings. The van der Waals surface area contributed by atoms with E-state index in [9.17, 15) is 19.2 Å². The molecule has 186 valence electrons. The maximum absolute atomic E-state index is 13.8. The second-order valence-corrected chi connectivity index (χ2v) is 10.2. The van der Waals surface area contributed by atoms with Crippen molar-refractivity contribution in [2.75, 3.05) is 10.2 Å². The Morgan fingerprint density at radius 3 is 1.03 bits per heavy atom. The SMILES string of the molecule is O=C1C2CCCCC2C(=O)N1N(c1ccccc1)N(c1ccccc1)N1C(=O)C2CCCCC2C1=O. The van der Waals surface area contributed by atoms with Crippen molar-refractivity contribution in [1.82, 2.24) is 10.0 Å². The van der Waals surface area contributed by atoms with Crippen molar-refractivity contribution in [1.29, 1.82) is 0 Å². The van der Waals surface area contributed by atoms with Crippen LogP contribution in [0.2, 0.25) is 0 Å². The van der Waals surface area contributed by atoms with Crippen LogP contribution in [0.15, 0.2) is 60.7 Å². The highest BCUT2D eigenvalue weighted by atomic mass is 16.2. The zero-order valence-electron chi connectivity index (χ0n) is 20.2. The number of fused-ring (bicyclic) bond motifs is 2. The summed E-state index contributed by atoms with van der Waals surface area (Å²) in [5.74, 6) is -2.58. The second kappa shape index (κ2) is 9.08. The Kier molecular flexibility index (Phi) is 5.74. The fourth-order valence-electron chi connectivity index (χ4n) is 6.40. The van der Waals surface area contributed by atoms with Crippen LogP contribution in [-0.4, -0.2) is 33.6 Å². The van der Waals surface area contributed by atoms with Gasteiger partial charge in [-0.3, -0.25) is 19.2 Å². The number of hydrazine groups is 3. The molecule has 2 aliphatic carbocycles. The molecule has 36 heavy (non-hydrogen) atoms. The Balaban J connectivity index is 1.51. The standard InChI is InChI=1S/C28H30N4O4/c33-25-21-15-7-8-16-22(21)26(34)29(25)31(19-11-3-1-4-12-19)32(20-13-5-2-6-14-20)30-27(35)23-17-9-10-18-24(23)28(30)36/h1-6,11-14,21-24H,7-10,15-18H2. The van der Waals surface area contributed by atoms with Crippen LogP contribution in [0.4, 0.5) is 11.4 Å². The van der Waals surface area contributed by atoms with Gasteiger partial charge >= 0.3 is 0 Å². The molecule has 0 radical (unpaired) electrons. The monoisotopic (exact) mass is 486 g/mol. The summed E-state index contributed by atoms with van der Waals surface area (Å²) in [6.45, 7) is 0. The molecule has 2 saturated heterocycles. The Hall–Kier alpha value is -3.68. The number of imide groups is 2. The first-order valence-electron chi connectivity index (χ1n) is 13.0. The number of hydrogen-bond acceptors (Lipinski definition) is 6. The van der Waals surface area contributed by atoms with E-state index in [1.54, 1.807) is 24.3 Å². The van der Waals surface area contributed by atoms with E-state index < -0.39 is 0 Å². The van der Waals surface area contributed by atoms with E-state index in [1.807, 2.05) is 36.4 Å². The molecule has 0 N–H and O–H groups in total. The van der Waals surface area contributed by atoms with Gasteiger partial charge in [-0.05, 0) is 49.9 Å². The number of anilines is 2. The molecule has 6 rings (SSSR count). The maximum Gasteiger partial charge on any atom is 0.253 e. The number of rotatable bonds is 5. The Morgan fingerprint density at radius 2 is 0.750 bits per heavy atom. The number of hydrogen-bond donors (Lipinski definition) is 0. The molecule has 2 heterocycles. The van der Waals surface area contributed by atoms with Crippen LogP contribution in [0, 0.1) is 23.7 Å². The number of benzene rings is 2. The lowest BCUT2D eigenvalue weighted by atomic mass is 9.81. The highest BCUT2D eigenvalue weighted by Crippen LogP contribution is 2.43. The minimum atomic E-state index is -0.373. The fraction of sp³-hybridized carbons (Fsp3) is 0.429. The minimum Gasteiger partial charge on any atom is -0.272 e. The lowest BCUT2D eigenvalue weighted by Crippen LogP contribution is -2.64. The van der Waals surface area contributed by atoms with Gasteiger partial charge < -0.3 is 0 Å². The van der Waals surface area contributed by atoms with Gasteiger partial charge in [0.1, 0.15) is 0 Å². The molecular weight excluding hydrogens is 456 g/mol. The molecule has 0 aromatic heterocycles. The molecule has 4 unspecified atom stereocenters. The zero-order chi connectivity index (χ0) is 24.8. The van der Waals surface area contributed by atoms with Crippen molar-refractivity contribution in [3.05, 3.63) is 60.7 Å². The predicted octanol–water partition coefficient (Wildman–Crippen LogP) is 4.10. The van der Waals surface area contributed by atoms with Crippen LogP contribution in [0.5, 0.6) is 0 Å². The molecule has 2 saturated carbocycles. The van der Waals surface area contributed by atoms with Gasteiger partial charge in [0.15, 0.2) is 0 Å². The molecule has 8 nitrogen and oxygen atoms in total. The first-order valence-corrected chi connectivity index (χ1v) is 13.0. The van der Waals surface area contributed by atoms with Gasteiger partial charge in [-0.25, -0.2) is 0 Å². The molecule has 2 aliphatic heterocycles. The van der Waals surface area contributed by atoms with E-state index in [-0.39, 0.29) is 47.3 Å². The summed E-state index contributed by atoms with van der Waals surface area (Å²) >= 11 is 0. The minimum absolute atomic E-state index is 0.272. The van der Waals surface area contributed by atoms with Crippen LogP contribution in [-0.2, 0) is 19.2 Å². The van der Waals surface area contributed by atoms with Crippen molar-refractivity contribution in [2.24, 2.45) is 23.7 Å². The highest BCUT2D eigenvalue weighted by Gasteiger charge is 2.56. The molecule has 0 bridgehead atoms. The molecule has 4 aliphatic rings. The lowest BCUT2D eigenvalue weighted by Gasteiger charge is -2.44. The van der Waals surface area contributed by atoms with E-state index >= 15 is 0 Å². The third-order valence-corrected chi connectivity index (χ3v) is 8.17. The first kappa shape index (κ1) is 22.8. The lowest BCUT2D eigenvalue weighted by molar-refractivity contribution is -0.147. The molecule has 4 fully saturated rings. The number of para-hydroxylation sites is 2. The Bertz CT molecular complexity index is 1050. The third-order valence-electron chi connectivity index (χ3n) is 8.17. The van der Waals surface area contributed by atoms with E-state index in [1.165, 1.54) is 20.3 Å². The van der Waals surface area contributed by atoms with Crippen LogP contribution in [0.25, 0.3) is 0 Å². The van der Waals surface area contributed by atoms with Gasteiger partial charge in [0.25, 0.3) is 23.6 Å². The normalized spacial score (nSPS) is 27.8. The molecule has 0 spiro atoms. The average molecular weight is 487 g/mol. The maximum atomic E-state index is 13.8. The van der Waals surface area contributed by atoms with Gasteiger partial charge in [0.05, 0.1) is 35.0 Å². The van der Waals surface area contributed by atoms with E-state index in [0.29, 0.717) is 37.1 Å². The molecule has 4 atom stereocenters. The van der Waals surface area contributed by atoms with Crippen molar-refractivity contribution in [3.8, 4) is 0 Å². The van der Waals surface area contributed by atoms with Gasteiger partial charge in [-0.1, -0.05) is 62.1 Å². The van der Waals surface area contributed by atoms with Crippen molar-refractivity contribution in [3.63, 3.8) is 0 Å². The number of nitrogens with zero attached hydrogens (tertiary/aromatic N) is 4. The predicted molar refractivity (Wildman–Crippen MR) is 132 cm³/mol. The second-order valence-electron chi connectivity index (χ2n) is 10.2. The first-order chi connectivity index (χ1) is 17.6. The van der Waals surface area contributed by atoms with Crippen LogP contribution >= 0.6 is 0 Å². The van der Waals surface area contributed by atoms with Gasteiger partial charge in [0, 0.05) is 0 Å². The number of amides is 4. The fourth-order valence-corrected chi connectivity index (χ4v) is 6.40. The quantitative estimate of drug-likeness (QED) is 0.468. The molecule has 4 amide bonds. The summed E-state index contributed by atoms with van der Waals surface area (Å²) < 4.78 is 0. The Labute approximate surface area is 210 Å². The molecular formula is C28H30N4O4. The largest absolute Gasteiger partial charge is 0.272 e.